The van der Waals surface area contributed by atoms with Gasteiger partial charge in [0.15, 0.2) is 0 Å². The van der Waals surface area contributed by atoms with Crippen molar-refractivity contribution in [2.75, 3.05) is 31.6 Å². The predicted octanol–water partition coefficient (Wildman–Crippen LogP) is 1.46. The summed E-state index contributed by atoms with van der Waals surface area (Å²) >= 11 is 0. The quantitative estimate of drug-likeness (QED) is 0.881. The van der Waals surface area contributed by atoms with Crippen LogP contribution in [0.5, 0.6) is 0 Å². The van der Waals surface area contributed by atoms with Gasteiger partial charge in [0, 0.05) is 31.0 Å². The SMILES string of the molecule is Cn1nccc1-c1cccc(NC(=O)N2CCOCCN2)c1. The lowest BCUT2D eigenvalue weighted by atomic mass is 10.1. The topological polar surface area (TPSA) is 71.4 Å². The van der Waals surface area contributed by atoms with Gasteiger partial charge in [-0.2, -0.15) is 5.10 Å². The maximum Gasteiger partial charge on any atom is 0.336 e. The van der Waals surface area contributed by atoms with Crippen molar-refractivity contribution >= 4 is 11.7 Å². The maximum atomic E-state index is 12.3. The lowest BCUT2D eigenvalue weighted by molar-refractivity contribution is 0.147. The van der Waals surface area contributed by atoms with E-state index >= 15 is 0 Å². The van der Waals surface area contributed by atoms with Crippen LogP contribution in [0.25, 0.3) is 11.3 Å². The van der Waals surface area contributed by atoms with E-state index in [2.05, 4.69) is 15.8 Å². The number of urea groups is 1. The molecule has 22 heavy (non-hydrogen) atoms. The van der Waals surface area contributed by atoms with Gasteiger partial charge in [0.25, 0.3) is 0 Å². The van der Waals surface area contributed by atoms with Crippen molar-refractivity contribution < 1.29 is 9.53 Å². The van der Waals surface area contributed by atoms with Crippen LogP contribution in [0, 0.1) is 0 Å². The standard InChI is InChI=1S/C15H19N5O2/c1-19-14(5-6-16-19)12-3-2-4-13(11-12)18-15(21)20-8-10-22-9-7-17-20/h2-6,11,17H,7-10H2,1H3,(H,18,21). The Kier molecular flexibility index (Phi) is 4.36. The molecule has 2 amide bonds. The zero-order valence-electron chi connectivity index (χ0n) is 12.5. The smallest absolute Gasteiger partial charge is 0.336 e. The Morgan fingerprint density at radius 3 is 3.09 bits per heavy atom. The Bertz CT molecular complexity index is 647. The molecule has 2 heterocycles. The first-order chi connectivity index (χ1) is 10.7. The fourth-order valence-corrected chi connectivity index (χ4v) is 2.37. The monoisotopic (exact) mass is 301 g/mol. The predicted molar refractivity (Wildman–Crippen MR) is 83.2 cm³/mol. The number of hydrogen-bond acceptors (Lipinski definition) is 4. The molecule has 0 bridgehead atoms. The summed E-state index contributed by atoms with van der Waals surface area (Å²) in [5.74, 6) is 0. The van der Waals surface area contributed by atoms with E-state index in [1.165, 1.54) is 0 Å². The van der Waals surface area contributed by atoms with Crippen molar-refractivity contribution in [2.45, 2.75) is 0 Å². The van der Waals surface area contributed by atoms with E-state index in [1.807, 2.05) is 37.4 Å². The van der Waals surface area contributed by atoms with E-state index in [4.69, 9.17) is 4.74 Å². The molecule has 116 valence electrons. The van der Waals surface area contributed by atoms with Crippen molar-refractivity contribution in [1.29, 1.82) is 0 Å². The fraction of sp³-hybridized carbons (Fsp3) is 0.333. The largest absolute Gasteiger partial charge is 0.378 e. The molecule has 1 aliphatic rings. The van der Waals surface area contributed by atoms with Gasteiger partial charge in [0.05, 0.1) is 25.5 Å². The van der Waals surface area contributed by atoms with E-state index in [0.29, 0.717) is 26.3 Å². The van der Waals surface area contributed by atoms with E-state index in [0.717, 1.165) is 16.9 Å². The van der Waals surface area contributed by atoms with Crippen molar-refractivity contribution in [3.8, 4) is 11.3 Å². The van der Waals surface area contributed by atoms with Crippen LogP contribution >= 0.6 is 0 Å². The van der Waals surface area contributed by atoms with Crippen molar-refractivity contribution in [3.63, 3.8) is 0 Å². The Morgan fingerprint density at radius 1 is 1.36 bits per heavy atom. The van der Waals surface area contributed by atoms with Gasteiger partial charge >= 0.3 is 6.03 Å². The summed E-state index contributed by atoms with van der Waals surface area (Å²) in [5, 5.41) is 8.61. The number of nitrogens with one attached hydrogen (secondary N) is 2. The number of ether oxygens (including phenoxy) is 1. The summed E-state index contributed by atoms with van der Waals surface area (Å²) in [5.41, 5.74) is 5.78. The number of amides is 2. The summed E-state index contributed by atoms with van der Waals surface area (Å²) in [4.78, 5) is 12.3. The van der Waals surface area contributed by atoms with Crippen LogP contribution in [0.3, 0.4) is 0 Å². The summed E-state index contributed by atoms with van der Waals surface area (Å²) in [6.07, 6.45) is 1.75. The van der Waals surface area contributed by atoms with E-state index in [1.54, 1.807) is 15.9 Å². The highest BCUT2D eigenvalue weighted by atomic mass is 16.5. The molecule has 0 saturated carbocycles. The third-order valence-corrected chi connectivity index (χ3v) is 3.48. The molecular weight excluding hydrogens is 282 g/mol. The number of nitrogens with zero attached hydrogens (tertiary/aromatic N) is 3. The highest BCUT2D eigenvalue weighted by molar-refractivity contribution is 5.89. The number of benzene rings is 1. The minimum atomic E-state index is -0.187. The summed E-state index contributed by atoms with van der Waals surface area (Å²) in [7, 11) is 1.89. The highest BCUT2D eigenvalue weighted by Gasteiger charge is 2.15. The first-order valence-electron chi connectivity index (χ1n) is 7.22. The number of anilines is 1. The lowest BCUT2D eigenvalue weighted by Crippen LogP contribution is -2.45. The molecule has 7 heteroatoms. The molecule has 0 radical (unpaired) electrons. The number of aromatic nitrogens is 2. The molecule has 3 rings (SSSR count). The molecular formula is C15H19N5O2. The molecule has 7 nitrogen and oxygen atoms in total. The average molecular weight is 301 g/mol. The molecule has 2 N–H and O–H groups in total. The lowest BCUT2D eigenvalue weighted by Gasteiger charge is -2.20. The van der Waals surface area contributed by atoms with Gasteiger partial charge in [-0.05, 0) is 18.2 Å². The Hall–Kier alpha value is -2.38. The normalized spacial score (nSPS) is 15.4. The van der Waals surface area contributed by atoms with Gasteiger partial charge in [0.2, 0.25) is 0 Å². The van der Waals surface area contributed by atoms with Crippen LogP contribution in [0.15, 0.2) is 36.5 Å². The molecule has 1 aromatic carbocycles. The number of hydrazine groups is 1. The molecule has 0 spiro atoms. The number of carbonyl (C=O) groups excluding carboxylic acids is 1. The Balaban J connectivity index is 1.72. The maximum absolute atomic E-state index is 12.3. The summed E-state index contributed by atoms with van der Waals surface area (Å²) in [6.45, 7) is 2.30. The van der Waals surface area contributed by atoms with Crippen LogP contribution in [0.1, 0.15) is 0 Å². The molecule has 2 aromatic rings. The van der Waals surface area contributed by atoms with Gasteiger partial charge in [-0.25, -0.2) is 10.2 Å². The second-order valence-corrected chi connectivity index (χ2v) is 5.02. The number of rotatable bonds is 2. The van der Waals surface area contributed by atoms with Crippen molar-refractivity contribution in [3.05, 3.63) is 36.5 Å². The molecule has 0 aliphatic carbocycles. The third-order valence-electron chi connectivity index (χ3n) is 3.48. The van der Waals surface area contributed by atoms with Crippen LogP contribution in [0.4, 0.5) is 10.5 Å². The zero-order chi connectivity index (χ0) is 15.4. The third kappa shape index (κ3) is 3.26. The second-order valence-electron chi connectivity index (χ2n) is 5.02. The second kappa shape index (κ2) is 6.59. The highest BCUT2D eigenvalue weighted by Crippen LogP contribution is 2.21. The van der Waals surface area contributed by atoms with Gasteiger partial charge in [-0.3, -0.25) is 9.69 Å². The first kappa shape index (κ1) is 14.6. The van der Waals surface area contributed by atoms with Crippen LogP contribution in [-0.4, -0.2) is 47.1 Å². The summed E-state index contributed by atoms with van der Waals surface area (Å²) < 4.78 is 7.11. The number of carbonyl (C=O) groups is 1. The minimum Gasteiger partial charge on any atom is -0.378 e. The van der Waals surface area contributed by atoms with Gasteiger partial charge in [-0.15, -0.1) is 0 Å². The van der Waals surface area contributed by atoms with Gasteiger partial charge in [-0.1, -0.05) is 12.1 Å². The van der Waals surface area contributed by atoms with Crippen molar-refractivity contribution in [2.24, 2.45) is 7.05 Å². The van der Waals surface area contributed by atoms with Crippen molar-refractivity contribution in [1.82, 2.24) is 20.2 Å². The average Bonchev–Trinajstić information content (AvgIpc) is 2.78. The van der Waals surface area contributed by atoms with Gasteiger partial charge in [0.1, 0.15) is 0 Å². The van der Waals surface area contributed by atoms with Crippen LogP contribution in [-0.2, 0) is 11.8 Å². The molecule has 1 saturated heterocycles. The van der Waals surface area contributed by atoms with E-state index in [-0.39, 0.29) is 6.03 Å². The van der Waals surface area contributed by atoms with Crippen LogP contribution < -0.4 is 10.7 Å². The Labute approximate surface area is 128 Å². The number of hydrogen-bond donors (Lipinski definition) is 2. The van der Waals surface area contributed by atoms with E-state index in [9.17, 15) is 4.79 Å². The minimum absolute atomic E-state index is 0.187. The van der Waals surface area contributed by atoms with Crippen LogP contribution in [0.2, 0.25) is 0 Å². The summed E-state index contributed by atoms with van der Waals surface area (Å²) in [6, 6.07) is 9.46. The zero-order valence-corrected chi connectivity index (χ0v) is 12.5. The molecule has 1 aliphatic heterocycles. The Morgan fingerprint density at radius 2 is 2.27 bits per heavy atom. The molecule has 1 fully saturated rings. The van der Waals surface area contributed by atoms with E-state index < -0.39 is 0 Å². The molecule has 0 atom stereocenters. The first-order valence-corrected chi connectivity index (χ1v) is 7.22. The number of aryl methyl sites for hydroxylation is 1. The fourth-order valence-electron chi connectivity index (χ4n) is 2.37. The molecule has 1 aromatic heterocycles. The van der Waals surface area contributed by atoms with Gasteiger partial charge < -0.3 is 10.1 Å². The molecule has 0 unspecified atom stereocenters.